The molecule has 2 saturated heterocycles. The number of rotatable bonds is 5. The first-order chi connectivity index (χ1) is 13.6. The van der Waals surface area contributed by atoms with E-state index >= 15 is 0 Å². The van der Waals surface area contributed by atoms with Gasteiger partial charge in [0, 0.05) is 25.7 Å². The smallest absolute Gasteiger partial charge is 0.274 e. The lowest BCUT2D eigenvalue weighted by molar-refractivity contribution is -0.123. The zero-order valence-corrected chi connectivity index (χ0v) is 16.2. The van der Waals surface area contributed by atoms with Gasteiger partial charge in [-0.05, 0) is 57.2 Å². The number of aryl methyl sites for hydroxylation is 1. The minimum atomic E-state index is -0.0840. The Morgan fingerprint density at radius 1 is 1.32 bits per heavy atom. The Balaban J connectivity index is 1.33. The van der Waals surface area contributed by atoms with Crippen molar-refractivity contribution in [1.82, 2.24) is 25.7 Å². The van der Waals surface area contributed by atoms with Gasteiger partial charge < -0.3 is 20.0 Å². The van der Waals surface area contributed by atoms with E-state index in [2.05, 4.69) is 20.8 Å². The summed E-state index contributed by atoms with van der Waals surface area (Å²) < 4.78 is 5.58. The van der Waals surface area contributed by atoms with Gasteiger partial charge in [0.15, 0.2) is 11.5 Å². The van der Waals surface area contributed by atoms with Gasteiger partial charge in [-0.15, -0.1) is 0 Å². The average molecular weight is 385 g/mol. The molecule has 0 bridgehead atoms. The van der Waals surface area contributed by atoms with Gasteiger partial charge in [-0.3, -0.25) is 14.7 Å². The highest BCUT2D eigenvalue weighted by Crippen LogP contribution is 2.22. The number of piperidine rings is 1. The first-order valence-corrected chi connectivity index (χ1v) is 10.0. The van der Waals surface area contributed by atoms with E-state index in [0.717, 1.165) is 44.5 Å². The van der Waals surface area contributed by atoms with Gasteiger partial charge in [0.25, 0.3) is 5.91 Å². The topological polar surface area (TPSA) is 103 Å². The summed E-state index contributed by atoms with van der Waals surface area (Å²) in [6.07, 6.45) is 3.90. The van der Waals surface area contributed by atoms with Crippen LogP contribution in [-0.4, -0.2) is 59.1 Å². The van der Waals surface area contributed by atoms with Crippen molar-refractivity contribution in [2.24, 2.45) is 5.92 Å². The molecule has 0 spiro atoms. The predicted molar refractivity (Wildman–Crippen MR) is 104 cm³/mol. The molecule has 2 aromatic heterocycles. The van der Waals surface area contributed by atoms with Crippen molar-refractivity contribution in [2.45, 2.75) is 38.6 Å². The molecule has 0 aliphatic carbocycles. The van der Waals surface area contributed by atoms with Crippen LogP contribution in [0, 0.1) is 12.8 Å². The fourth-order valence-electron chi connectivity index (χ4n) is 3.99. The highest BCUT2D eigenvalue weighted by Gasteiger charge is 2.28. The third-order valence-electron chi connectivity index (χ3n) is 5.55. The monoisotopic (exact) mass is 385 g/mol. The molecule has 150 valence electrons. The second kappa shape index (κ2) is 8.18. The number of aromatic nitrogens is 2. The average Bonchev–Trinajstić information content (AvgIpc) is 3.46. The molecule has 0 aromatic carbocycles. The molecule has 0 saturated carbocycles. The molecule has 2 aliphatic rings. The lowest BCUT2D eigenvalue weighted by atomic mass is 9.97. The van der Waals surface area contributed by atoms with E-state index in [-0.39, 0.29) is 23.8 Å². The predicted octanol–water partition coefficient (Wildman–Crippen LogP) is 1.70. The number of likely N-dealkylation sites (tertiary alicyclic amines) is 1. The summed E-state index contributed by atoms with van der Waals surface area (Å²) in [5.74, 6) is 1.75. The lowest BCUT2D eigenvalue weighted by Crippen LogP contribution is -2.46. The van der Waals surface area contributed by atoms with Gasteiger partial charge >= 0.3 is 0 Å². The molecule has 0 radical (unpaired) electrons. The van der Waals surface area contributed by atoms with Gasteiger partial charge in [0.05, 0.1) is 6.04 Å². The minimum Gasteiger partial charge on any atom is -0.460 e. The molecule has 8 heteroatoms. The number of carbonyl (C=O) groups is 2. The number of H-pyrrole nitrogens is 1. The fraction of sp³-hybridized carbons (Fsp3) is 0.550. The Morgan fingerprint density at radius 2 is 2.21 bits per heavy atom. The maximum Gasteiger partial charge on any atom is 0.274 e. The summed E-state index contributed by atoms with van der Waals surface area (Å²) >= 11 is 0. The summed E-state index contributed by atoms with van der Waals surface area (Å²) in [4.78, 5) is 26.9. The highest BCUT2D eigenvalue weighted by molar-refractivity contribution is 5.93. The molecule has 2 fully saturated rings. The molecule has 2 atom stereocenters. The Bertz CT molecular complexity index is 837. The number of nitrogens with one attached hydrogen (secondary N) is 3. The van der Waals surface area contributed by atoms with Crippen LogP contribution in [-0.2, 0) is 4.79 Å². The summed E-state index contributed by atoms with van der Waals surface area (Å²) in [6, 6.07) is 5.41. The van der Waals surface area contributed by atoms with Crippen molar-refractivity contribution in [3.05, 3.63) is 29.7 Å². The highest BCUT2D eigenvalue weighted by atomic mass is 16.3. The number of hydrogen-bond acceptors (Lipinski definition) is 5. The third kappa shape index (κ3) is 4.11. The van der Waals surface area contributed by atoms with Crippen molar-refractivity contribution in [1.29, 1.82) is 0 Å². The van der Waals surface area contributed by atoms with Crippen LogP contribution in [0.5, 0.6) is 0 Å². The number of hydrogen-bond donors (Lipinski definition) is 3. The quantitative estimate of drug-likeness (QED) is 0.727. The van der Waals surface area contributed by atoms with Crippen LogP contribution in [0.25, 0.3) is 11.5 Å². The normalized spacial score (nSPS) is 22.4. The van der Waals surface area contributed by atoms with E-state index in [1.165, 1.54) is 0 Å². The van der Waals surface area contributed by atoms with Gasteiger partial charge in [-0.25, -0.2) is 0 Å². The lowest BCUT2D eigenvalue weighted by Gasteiger charge is -2.32. The minimum absolute atomic E-state index is 0.0611. The zero-order valence-electron chi connectivity index (χ0n) is 16.2. The van der Waals surface area contributed by atoms with E-state index in [1.54, 1.807) is 6.07 Å². The van der Waals surface area contributed by atoms with Gasteiger partial charge in [-0.1, -0.05) is 0 Å². The Morgan fingerprint density at radius 3 is 2.96 bits per heavy atom. The van der Waals surface area contributed by atoms with Crippen LogP contribution >= 0.6 is 0 Å². The second-order valence-corrected chi connectivity index (χ2v) is 7.73. The summed E-state index contributed by atoms with van der Waals surface area (Å²) in [6.45, 7) is 4.75. The van der Waals surface area contributed by atoms with Crippen LogP contribution in [0.4, 0.5) is 0 Å². The molecule has 3 N–H and O–H groups in total. The van der Waals surface area contributed by atoms with Crippen LogP contribution in [0.15, 0.2) is 22.6 Å². The standard InChI is InChI=1S/C20H27N5O3/c1-13-6-7-18(28-13)16-10-17(24-23-16)20(27)25-9-3-4-14(12-25)11-22-19(26)15-5-2-8-21-15/h6-7,10,14-15,21H,2-5,8-9,11-12H2,1H3,(H,22,26)(H,23,24). The van der Waals surface area contributed by atoms with Crippen LogP contribution in [0.2, 0.25) is 0 Å². The number of amides is 2. The van der Waals surface area contributed by atoms with E-state index in [0.29, 0.717) is 30.2 Å². The van der Waals surface area contributed by atoms with Crippen molar-refractivity contribution < 1.29 is 14.0 Å². The van der Waals surface area contributed by atoms with Crippen molar-refractivity contribution >= 4 is 11.8 Å². The van der Waals surface area contributed by atoms with E-state index < -0.39 is 0 Å². The van der Waals surface area contributed by atoms with E-state index in [1.807, 2.05) is 24.0 Å². The summed E-state index contributed by atoms with van der Waals surface area (Å²) in [5, 5.41) is 13.3. The Labute approximate surface area is 164 Å². The molecule has 2 aromatic rings. The molecular weight excluding hydrogens is 358 g/mol. The SMILES string of the molecule is Cc1ccc(-c2cc(C(=O)N3CCCC(CNC(=O)C4CCCN4)C3)n[nH]2)o1. The number of carbonyl (C=O) groups excluding carboxylic acids is 2. The number of aromatic amines is 1. The third-order valence-corrected chi connectivity index (χ3v) is 5.55. The van der Waals surface area contributed by atoms with E-state index in [9.17, 15) is 9.59 Å². The van der Waals surface area contributed by atoms with Crippen LogP contribution < -0.4 is 10.6 Å². The largest absolute Gasteiger partial charge is 0.460 e. The van der Waals surface area contributed by atoms with Gasteiger partial charge in [0.1, 0.15) is 11.5 Å². The van der Waals surface area contributed by atoms with E-state index in [4.69, 9.17) is 4.42 Å². The maximum atomic E-state index is 12.9. The molecule has 8 nitrogen and oxygen atoms in total. The summed E-state index contributed by atoms with van der Waals surface area (Å²) in [5.41, 5.74) is 1.09. The Hall–Kier alpha value is -2.61. The molecule has 2 aliphatic heterocycles. The number of furan rings is 1. The van der Waals surface area contributed by atoms with Crippen molar-refractivity contribution in [3.63, 3.8) is 0 Å². The first-order valence-electron chi connectivity index (χ1n) is 10.0. The molecule has 28 heavy (non-hydrogen) atoms. The second-order valence-electron chi connectivity index (χ2n) is 7.73. The van der Waals surface area contributed by atoms with Crippen molar-refractivity contribution in [2.75, 3.05) is 26.2 Å². The molecular formula is C20H27N5O3. The van der Waals surface area contributed by atoms with Crippen LogP contribution in [0.3, 0.4) is 0 Å². The van der Waals surface area contributed by atoms with Gasteiger partial charge in [0.2, 0.25) is 5.91 Å². The number of nitrogens with zero attached hydrogens (tertiary/aromatic N) is 2. The molecule has 2 unspecified atom stereocenters. The molecule has 4 heterocycles. The fourth-order valence-corrected chi connectivity index (χ4v) is 3.99. The maximum absolute atomic E-state index is 12.9. The van der Waals surface area contributed by atoms with Gasteiger partial charge in [-0.2, -0.15) is 5.10 Å². The van der Waals surface area contributed by atoms with Crippen molar-refractivity contribution in [3.8, 4) is 11.5 Å². The Kier molecular flexibility index (Phi) is 5.47. The van der Waals surface area contributed by atoms with Crippen LogP contribution in [0.1, 0.15) is 41.9 Å². The molecule has 2 amide bonds. The molecule has 4 rings (SSSR count). The zero-order chi connectivity index (χ0) is 19.5. The first kappa shape index (κ1) is 18.7. The summed E-state index contributed by atoms with van der Waals surface area (Å²) in [7, 11) is 0.